The van der Waals surface area contributed by atoms with E-state index in [1.165, 1.54) is 38.5 Å². The van der Waals surface area contributed by atoms with E-state index in [0.717, 1.165) is 38.4 Å². The van der Waals surface area contributed by atoms with Crippen LogP contribution in [0.15, 0.2) is 22.7 Å². The highest BCUT2D eigenvalue weighted by Gasteiger charge is 2.34. The van der Waals surface area contributed by atoms with Crippen molar-refractivity contribution in [1.29, 1.82) is 0 Å². The van der Waals surface area contributed by atoms with Crippen LogP contribution in [0.4, 0.5) is 13.2 Å². The minimum atomic E-state index is -4.39. The van der Waals surface area contributed by atoms with E-state index < -0.39 is 11.7 Å². The molecular weight excluding hydrogens is 391 g/mol. The number of hydrogen-bond donors (Lipinski definition) is 1. The molecule has 0 bridgehead atoms. The quantitative estimate of drug-likeness (QED) is 0.395. The molecule has 2 heterocycles. The van der Waals surface area contributed by atoms with Crippen molar-refractivity contribution in [2.45, 2.75) is 83.2 Å². The first kappa shape index (κ1) is 22.8. The second-order valence-electron chi connectivity index (χ2n) is 8.26. The smallest absolute Gasteiger partial charge is 0.339 e. The van der Waals surface area contributed by atoms with Crippen LogP contribution < -0.4 is 5.32 Å². The third-order valence-corrected chi connectivity index (χ3v) is 5.80. The number of aromatic nitrogens is 2. The van der Waals surface area contributed by atoms with Gasteiger partial charge in [-0.1, -0.05) is 75.6 Å². The Bertz CT molecular complexity index is 784. The summed E-state index contributed by atoms with van der Waals surface area (Å²) in [5, 5.41) is 7.00. The molecule has 2 aromatic rings. The third-order valence-electron chi connectivity index (χ3n) is 5.80. The SMILES string of the molecule is CCCCCCCCCCCc1ccc(-c2noc(C3CNC3)n2)cc1C(F)(F)F. The van der Waals surface area contributed by atoms with Gasteiger partial charge in [0.15, 0.2) is 0 Å². The van der Waals surface area contributed by atoms with Crippen molar-refractivity contribution in [2.24, 2.45) is 0 Å². The molecule has 1 aliphatic rings. The second-order valence-corrected chi connectivity index (χ2v) is 8.26. The number of unbranched alkanes of at least 4 members (excludes halogenated alkanes) is 8. The Morgan fingerprint density at radius 2 is 1.67 bits per heavy atom. The average molecular weight is 424 g/mol. The first-order chi connectivity index (χ1) is 14.5. The van der Waals surface area contributed by atoms with E-state index in [2.05, 4.69) is 22.4 Å². The van der Waals surface area contributed by atoms with Crippen LogP contribution in [0.25, 0.3) is 11.4 Å². The topological polar surface area (TPSA) is 51.0 Å². The lowest BCUT2D eigenvalue weighted by molar-refractivity contribution is -0.138. The molecule has 0 saturated carbocycles. The van der Waals surface area contributed by atoms with Crippen LogP contribution >= 0.6 is 0 Å². The van der Waals surface area contributed by atoms with E-state index in [9.17, 15) is 13.2 Å². The van der Waals surface area contributed by atoms with Crippen LogP contribution in [-0.4, -0.2) is 23.2 Å². The average Bonchev–Trinajstić information content (AvgIpc) is 3.14. The van der Waals surface area contributed by atoms with Gasteiger partial charge in [-0.25, -0.2) is 0 Å². The molecule has 1 saturated heterocycles. The summed E-state index contributed by atoms with van der Waals surface area (Å²) in [6, 6.07) is 4.41. The summed E-state index contributed by atoms with van der Waals surface area (Å²) in [6.07, 6.45) is 6.37. The normalized spacial score (nSPS) is 14.8. The largest absolute Gasteiger partial charge is 0.416 e. The first-order valence-electron chi connectivity index (χ1n) is 11.2. The number of nitrogens with one attached hydrogen (secondary N) is 1. The van der Waals surface area contributed by atoms with E-state index in [0.29, 0.717) is 23.4 Å². The van der Waals surface area contributed by atoms with E-state index in [1.54, 1.807) is 12.1 Å². The van der Waals surface area contributed by atoms with Gasteiger partial charge in [0.25, 0.3) is 0 Å². The molecule has 0 amide bonds. The summed E-state index contributed by atoms with van der Waals surface area (Å²) >= 11 is 0. The van der Waals surface area contributed by atoms with Crippen LogP contribution in [0.1, 0.15) is 87.6 Å². The lowest BCUT2D eigenvalue weighted by atomic mass is 9.97. The van der Waals surface area contributed by atoms with Crippen LogP contribution in [0.2, 0.25) is 0 Å². The molecule has 7 heteroatoms. The molecule has 1 aliphatic heterocycles. The van der Waals surface area contributed by atoms with Crippen molar-refractivity contribution < 1.29 is 17.7 Å². The zero-order chi connectivity index (χ0) is 21.4. The lowest BCUT2D eigenvalue weighted by Gasteiger charge is -2.22. The van der Waals surface area contributed by atoms with Gasteiger partial charge in [-0.3, -0.25) is 0 Å². The maximum Gasteiger partial charge on any atom is 0.416 e. The predicted octanol–water partition coefficient (Wildman–Crippen LogP) is 6.52. The number of aryl methyl sites for hydroxylation is 1. The lowest BCUT2D eigenvalue weighted by Crippen LogP contribution is -2.40. The highest BCUT2D eigenvalue weighted by Crippen LogP contribution is 2.35. The van der Waals surface area contributed by atoms with Crippen molar-refractivity contribution in [3.05, 3.63) is 35.2 Å². The number of halogens is 3. The predicted molar refractivity (Wildman–Crippen MR) is 111 cm³/mol. The maximum absolute atomic E-state index is 13.6. The summed E-state index contributed by atoms with van der Waals surface area (Å²) in [5.41, 5.74) is 0.109. The number of benzene rings is 1. The van der Waals surface area contributed by atoms with Crippen LogP contribution in [0.5, 0.6) is 0 Å². The van der Waals surface area contributed by atoms with Crippen LogP contribution in [0, 0.1) is 0 Å². The maximum atomic E-state index is 13.6. The van der Waals surface area contributed by atoms with Gasteiger partial charge < -0.3 is 9.84 Å². The van der Waals surface area contributed by atoms with E-state index in [-0.39, 0.29) is 11.7 Å². The Labute approximate surface area is 176 Å². The fraction of sp³-hybridized carbons (Fsp3) is 0.652. The fourth-order valence-electron chi connectivity index (χ4n) is 3.81. The number of hydrogen-bond acceptors (Lipinski definition) is 4. The Morgan fingerprint density at radius 1 is 1.00 bits per heavy atom. The van der Waals surface area contributed by atoms with Crippen LogP contribution in [0.3, 0.4) is 0 Å². The highest BCUT2D eigenvalue weighted by atomic mass is 19.4. The number of nitrogens with zero attached hydrogens (tertiary/aromatic N) is 2. The van der Waals surface area contributed by atoms with Crippen molar-refractivity contribution in [3.8, 4) is 11.4 Å². The van der Waals surface area contributed by atoms with Gasteiger partial charge in [-0.15, -0.1) is 0 Å². The molecule has 3 rings (SSSR count). The molecule has 4 nitrogen and oxygen atoms in total. The summed E-state index contributed by atoms with van der Waals surface area (Å²) in [4.78, 5) is 4.29. The summed E-state index contributed by atoms with van der Waals surface area (Å²) in [5.74, 6) is 0.854. The van der Waals surface area contributed by atoms with Gasteiger partial charge in [0.2, 0.25) is 11.7 Å². The summed E-state index contributed by atoms with van der Waals surface area (Å²) in [6.45, 7) is 3.72. The van der Waals surface area contributed by atoms with Gasteiger partial charge >= 0.3 is 6.18 Å². The Balaban J connectivity index is 1.55. The molecule has 0 unspecified atom stereocenters. The number of rotatable bonds is 12. The molecule has 0 atom stereocenters. The Hall–Kier alpha value is -1.89. The van der Waals surface area contributed by atoms with E-state index in [4.69, 9.17) is 4.52 Å². The van der Waals surface area contributed by atoms with Crippen LogP contribution in [-0.2, 0) is 12.6 Å². The van der Waals surface area contributed by atoms with Gasteiger partial charge in [0, 0.05) is 18.7 Å². The molecule has 166 valence electrons. The molecule has 1 aromatic heterocycles. The zero-order valence-electron chi connectivity index (χ0n) is 17.7. The van der Waals surface area contributed by atoms with Gasteiger partial charge in [0.05, 0.1) is 11.5 Å². The van der Waals surface area contributed by atoms with Gasteiger partial charge in [-0.05, 0) is 24.5 Å². The third kappa shape index (κ3) is 6.30. The van der Waals surface area contributed by atoms with Crippen molar-refractivity contribution >= 4 is 0 Å². The highest BCUT2D eigenvalue weighted by molar-refractivity contribution is 5.57. The summed E-state index contributed by atoms with van der Waals surface area (Å²) in [7, 11) is 0. The number of alkyl halides is 3. The fourth-order valence-corrected chi connectivity index (χ4v) is 3.81. The molecule has 0 radical (unpaired) electrons. The Kier molecular flexibility index (Phi) is 8.31. The van der Waals surface area contributed by atoms with E-state index in [1.807, 2.05) is 0 Å². The molecule has 0 aliphatic carbocycles. The first-order valence-corrected chi connectivity index (χ1v) is 11.2. The van der Waals surface area contributed by atoms with Crippen molar-refractivity contribution in [1.82, 2.24) is 15.5 Å². The van der Waals surface area contributed by atoms with Crippen molar-refractivity contribution in [3.63, 3.8) is 0 Å². The molecule has 1 fully saturated rings. The van der Waals surface area contributed by atoms with E-state index >= 15 is 0 Å². The molecule has 0 spiro atoms. The van der Waals surface area contributed by atoms with Gasteiger partial charge in [0.1, 0.15) is 0 Å². The molecule has 1 N–H and O–H groups in total. The Morgan fingerprint density at radius 3 is 2.27 bits per heavy atom. The minimum Gasteiger partial charge on any atom is -0.339 e. The molecule has 1 aromatic carbocycles. The molecular formula is C23H32F3N3O. The second kappa shape index (κ2) is 10.9. The van der Waals surface area contributed by atoms with Crippen molar-refractivity contribution in [2.75, 3.05) is 13.1 Å². The van der Waals surface area contributed by atoms with Gasteiger partial charge in [-0.2, -0.15) is 18.2 Å². The summed E-state index contributed by atoms with van der Waals surface area (Å²) < 4.78 is 46.2. The minimum absolute atomic E-state index is 0.152. The standard InChI is InChI=1S/C23H32F3N3O/c1-2-3-4-5-6-7-8-9-10-11-17-12-13-18(14-20(17)23(24,25)26)21-28-22(30-29-21)19-15-27-16-19/h12-14,19,27H,2-11,15-16H2,1H3. The zero-order valence-corrected chi connectivity index (χ0v) is 17.7. The monoisotopic (exact) mass is 423 g/mol. The molecule has 30 heavy (non-hydrogen) atoms.